The van der Waals surface area contributed by atoms with Crippen molar-refractivity contribution in [1.82, 2.24) is 9.80 Å². The van der Waals surface area contributed by atoms with Crippen molar-refractivity contribution in [2.24, 2.45) is 11.8 Å². The summed E-state index contributed by atoms with van der Waals surface area (Å²) in [6.45, 7) is 7.67. The molecular weight excluding hydrogens is 316 g/mol. The van der Waals surface area contributed by atoms with Crippen LogP contribution in [0.4, 0.5) is 0 Å². The highest BCUT2D eigenvalue weighted by Gasteiger charge is 2.48. The van der Waals surface area contributed by atoms with Crippen molar-refractivity contribution in [1.29, 1.82) is 0 Å². The van der Waals surface area contributed by atoms with Crippen LogP contribution in [0, 0.1) is 11.8 Å². The largest absolute Gasteiger partial charge is 0.497 e. The molecule has 0 N–H and O–H groups in total. The fraction of sp³-hybridized carbons (Fsp3) is 0.650. The number of amides is 1. The average Bonchev–Trinajstić information content (AvgIpc) is 3.37. The zero-order chi connectivity index (χ0) is 17.4. The van der Waals surface area contributed by atoms with Crippen LogP contribution in [0.1, 0.15) is 24.8 Å². The van der Waals surface area contributed by atoms with Gasteiger partial charge in [0.1, 0.15) is 5.75 Å². The molecule has 0 spiro atoms. The van der Waals surface area contributed by atoms with E-state index in [-0.39, 0.29) is 5.92 Å². The standard InChI is InChI=1S/C20H28N2O3/c1-14-12-22(13-19(14)21-6-8-25-9-7-21)20(23)18-11-17(18)15-4-3-5-16(10-15)24-2/h3-5,10,14,17-19H,6-9,11-13H2,1-2H3/t14-,17-,18-,19-/m0/s1. The fourth-order valence-electron chi connectivity index (χ4n) is 4.46. The number of carbonyl (C=O) groups is 1. The summed E-state index contributed by atoms with van der Waals surface area (Å²) in [5.74, 6) is 2.27. The predicted molar refractivity (Wildman–Crippen MR) is 95.8 cm³/mol. The van der Waals surface area contributed by atoms with E-state index in [0.29, 0.717) is 23.8 Å². The van der Waals surface area contributed by atoms with Gasteiger partial charge in [0, 0.05) is 38.1 Å². The predicted octanol–water partition coefficient (Wildman–Crippen LogP) is 1.98. The molecule has 3 aliphatic rings. The third-order valence-corrected chi connectivity index (χ3v) is 6.03. The van der Waals surface area contributed by atoms with Gasteiger partial charge in [-0.15, -0.1) is 0 Å². The van der Waals surface area contributed by atoms with Crippen LogP contribution in [0.15, 0.2) is 24.3 Å². The Morgan fingerprint density at radius 1 is 1.24 bits per heavy atom. The molecule has 25 heavy (non-hydrogen) atoms. The minimum absolute atomic E-state index is 0.155. The molecule has 5 heteroatoms. The van der Waals surface area contributed by atoms with Gasteiger partial charge in [0.15, 0.2) is 0 Å². The number of hydrogen-bond donors (Lipinski definition) is 0. The van der Waals surface area contributed by atoms with Crippen LogP contribution in [0.2, 0.25) is 0 Å². The monoisotopic (exact) mass is 344 g/mol. The van der Waals surface area contributed by atoms with Crippen LogP contribution < -0.4 is 4.74 Å². The second-order valence-corrected chi connectivity index (χ2v) is 7.66. The molecule has 3 fully saturated rings. The van der Waals surface area contributed by atoms with Crippen LogP contribution in [0.3, 0.4) is 0 Å². The molecule has 2 heterocycles. The van der Waals surface area contributed by atoms with Gasteiger partial charge >= 0.3 is 0 Å². The molecule has 4 atom stereocenters. The van der Waals surface area contributed by atoms with Crippen molar-refractivity contribution in [3.63, 3.8) is 0 Å². The maximum absolute atomic E-state index is 13.0. The van der Waals surface area contributed by atoms with Gasteiger partial charge in [0.05, 0.1) is 20.3 Å². The number of morpholine rings is 1. The van der Waals surface area contributed by atoms with Crippen LogP contribution >= 0.6 is 0 Å². The van der Waals surface area contributed by atoms with Crippen LogP contribution in [-0.4, -0.2) is 68.3 Å². The van der Waals surface area contributed by atoms with E-state index in [4.69, 9.17) is 9.47 Å². The topological polar surface area (TPSA) is 42.0 Å². The molecule has 2 aliphatic heterocycles. The first-order chi connectivity index (χ1) is 12.2. The molecule has 1 aliphatic carbocycles. The summed E-state index contributed by atoms with van der Waals surface area (Å²) >= 11 is 0. The molecule has 1 aromatic carbocycles. The molecular formula is C20H28N2O3. The van der Waals surface area contributed by atoms with Crippen LogP contribution in [0.25, 0.3) is 0 Å². The molecule has 0 unspecified atom stereocenters. The Morgan fingerprint density at radius 3 is 2.80 bits per heavy atom. The van der Waals surface area contributed by atoms with E-state index in [0.717, 1.165) is 51.6 Å². The number of ether oxygens (including phenoxy) is 2. The minimum atomic E-state index is 0.155. The average molecular weight is 344 g/mol. The summed E-state index contributed by atoms with van der Waals surface area (Å²) in [5, 5.41) is 0. The Kier molecular flexibility index (Phi) is 4.69. The third kappa shape index (κ3) is 3.40. The highest BCUT2D eigenvalue weighted by atomic mass is 16.5. The number of carbonyl (C=O) groups excluding carboxylic acids is 1. The summed E-state index contributed by atoms with van der Waals surface area (Å²) in [6.07, 6.45) is 0.971. The quantitative estimate of drug-likeness (QED) is 0.838. The van der Waals surface area contributed by atoms with E-state index in [2.05, 4.69) is 28.9 Å². The smallest absolute Gasteiger partial charge is 0.226 e. The van der Waals surface area contributed by atoms with Gasteiger partial charge in [-0.05, 0) is 36.0 Å². The number of rotatable bonds is 4. The first kappa shape index (κ1) is 16.9. The lowest BCUT2D eigenvalue weighted by molar-refractivity contribution is -0.131. The van der Waals surface area contributed by atoms with Gasteiger partial charge in [-0.2, -0.15) is 0 Å². The Hall–Kier alpha value is -1.59. The van der Waals surface area contributed by atoms with Crippen molar-refractivity contribution < 1.29 is 14.3 Å². The molecule has 2 saturated heterocycles. The third-order valence-electron chi connectivity index (χ3n) is 6.03. The van der Waals surface area contributed by atoms with Gasteiger partial charge in [-0.1, -0.05) is 19.1 Å². The second kappa shape index (κ2) is 6.96. The van der Waals surface area contributed by atoms with E-state index >= 15 is 0 Å². The number of nitrogens with zero attached hydrogens (tertiary/aromatic N) is 2. The molecule has 4 rings (SSSR count). The maximum Gasteiger partial charge on any atom is 0.226 e. The summed E-state index contributed by atoms with van der Waals surface area (Å²) in [4.78, 5) is 17.6. The van der Waals surface area contributed by atoms with Crippen LogP contribution in [0.5, 0.6) is 5.75 Å². The second-order valence-electron chi connectivity index (χ2n) is 7.66. The van der Waals surface area contributed by atoms with Gasteiger partial charge < -0.3 is 14.4 Å². The van der Waals surface area contributed by atoms with Gasteiger partial charge in [-0.25, -0.2) is 0 Å². The Balaban J connectivity index is 1.37. The summed E-state index contributed by atoms with van der Waals surface area (Å²) in [6, 6.07) is 8.64. The van der Waals surface area contributed by atoms with Gasteiger partial charge in [0.2, 0.25) is 5.91 Å². The lowest BCUT2D eigenvalue weighted by atomic mass is 10.0. The van der Waals surface area contributed by atoms with Crippen molar-refractivity contribution in [3.05, 3.63) is 29.8 Å². The highest BCUT2D eigenvalue weighted by molar-refractivity contribution is 5.83. The Bertz CT molecular complexity index is 629. The summed E-state index contributed by atoms with van der Waals surface area (Å²) in [7, 11) is 1.69. The molecule has 1 saturated carbocycles. The Labute approximate surface area is 149 Å². The van der Waals surface area contributed by atoms with Crippen molar-refractivity contribution >= 4 is 5.91 Å². The number of methoxy groups -OCH3 is 1. The normalized spacial score (nSPS) is 32.6. The zero-order valence-corrected chi connectivity index (χ0v) is 15.2. The molecule has 5 nitrogen and oxygen atoms in total. The summed E-state index contributed by atoms with van der Waals surface area (Å²) in [5.41, 5.74) is 1.23. The number of likely N-dealkylation sites (tertiary alicyclic amines) is 1. The van der Waals surface area contributed by atoms with Gasteiger partial charge in [-0.3, -0.25) is 9.69 Å². The fourth-order valence-corrected chi connectivity index (χ4v) is 4.46. The highest BCUT2D eigenvalue weighted by Crippen LogP contribution is 2.49. The lowest BCUT2D eigenvalue weighted by Gasteiger charge is -2.34. The lowest BCUT2D eigenvalue weighted by Crippen LogP contribution is -2.47. The summed E-state index contributed by atoms with van der Waals surface area (Å²) < 4.78 is 10.8. The van der Waals surface area contributed by atoms with E-state index in [1.807, 2.05) is 12.1 Å². The zero-order valence-electron chi connectivity index (χ0n) is 15.2. The van der Waals surface area contributed by atoms with E-state index in [9.17, 15) is 4.79 Å². The van der Waals surface area contributed by atoms with Crippen molar-refractivity contribution in [2.45, 2.75) is 25.3 Å². The first-order valence-electron chi connectivity index (χ1n) is 9.42. The SMILES string of the molecule is COc1cccc([C@@H]2C[C@@H]2C(=O)N2C[C@H](C)[C@@H](N3CCOCC3)C2)c1. The van der Waals surface area contributed by atoms with E-state index < -0.39 is 0 Å². The minimum Gasteiger partial charge on any atom is -0.497 e. The molecule has 1 amide bonds. The molecule has 0 aromatic heterocycles. The van der Waals surface area contributed by atoms with Crippen molar-refractivity contribution in [2.75, 3.05) is 46.5 Å². The van der Waals surface area contributed by atoms with E-state index in [1.165, 1.54) is 5.56 Å². The molecule has 0 bridgehead atoms. The number of hydrogen-bond acceptors (Lipinski definition) is 4. The first-order valence-corrected chi connectivity index (χ1v) is 9.42. The molecule has 136 valence electrons. The molecule has 1 aromatic rings. The van der Waals surface area contributed by atoms with Gasteiger partial charge in [0.25, 0.3) is 0 Å². The molecule has 0 radical (unpaired) electrons. The van der Waals surface area contributed by atoms with Crippen LogP contribution in [-0.2, 0) is 9.53 Å². The Morgan fingerprint density at radius 2 is 2.04 bits per heavy atom. The van der Waals surface area contributed by atoms with E-state index in [1.54, 1.807) is 7.11 Å². The maximum atomic E-state index is 13.0. The number of benzene rings is 1. The van der Waals surface area contributed by atoms with Crippen molar-refractivity contribution in [3.8, 4) is 5.75 Å².